The third-order valence-electron chi connectivity index (χ3n) is 1.14. The van der Waals surface area contributed by atoms with Crippen LogP contribution in [0.25, 0.3) is 0 Å². The molecule has 0 spiro atoms. The lowest BCUT2D eigenvalue weighted by molar-refractivity contribution is -0.195. The molecule has 0 aliphatic heterocycles. The van der Waals surface area contributed by atoms with E-state index in [1.807, 2.05) is 15.9 Å². The molecule has 0 aromatic rings. The Hall–Kier alpha value is -0.130. The monoisotopic (exact) mass is 222 g/mol. The second kappa shape index (κ2) is 1.72. The minimum Gasteiger partial charge on any atom is -0.204 e. The number of alkyl halides is 4. The first-order chi connectivity index (χ1) is 4.32. The fourth-order valence-electron chi connectivity index (χ4n) is 0.489. The van der Waals surface area contributed by atoms with Gasteiger partial charge in [-0.15, -0.1) is 0 Å². The Bertz CT molecular complexity index is 184. The third-order valence-corrected chi connectivity index (χ3v) is 1.98. The van der Waals surface area contributed by atoms with Gasteiger partial charge in [-0.05, 0) is 15.9 Å². The summed E-state index contributed by atoms with van der Waals surface area (Å²) in [6, 6.07) is 0. The molecule has 1 aliphatic rings. The van der Waals surface area contributed by atoms with Crippen LogP contribution in [-0.2, 0) is 0 Å². The maximum atomic E-state index is 11.9. The van der Waals surface area contributed by atoms with Crippen molar-refractivity contribution in [2.24, 2.45) is 0 Å². The van der Waals surface area contributed by atoms with Crippen molar-refractivity contribution in [2.75, 3.05) is 0 Å². The molecule has 0 saturated carbocycles. The molecular weight excluding hydrogens is 223 g/mol. The topological polar surface area (TPSA) is 0 Å². The van der Waals surface area contributed by atoms with Crippen molar-refractivity contribution in [3.05, 3.63) is 10.3 Å². The van der Waals surface area contributed by atoms with Crippen molar-refractivity contribution in [3.63, 3.8) is 0 Å². The van der Waals surface area contributed by atoms with Gasteiger partial charge in [-0.1, -0.05) is 0 Å². The molecule has 0 unspecified atom stereocenters. The van der Waals surface area contributed by atoms with Crippen LogP contribution in [0.1, 0.15) is 0 Å². The van der Waals surface area contributed by atoms with Crippen LogP contribution < -0.4 is 0 Å². The third kappa shape index (κ3) is 0.601. The first kappa shape index (κ1) is 7.97. The molecule has 0 aromatic carbocycles. The van der Waals surface area contributed by atoms with Crippen LogP contribution >= 0.6 is 15.9 Å². The van der Waals surface area contributed by atoms with E-state index < -0.39 is 22.2 Å². The lowest BCUT2D eigenvalue weighted by Gasteiger charge is -2.33. The van der Waals surface area contributed by atoms with Gasteiger partial charge in [0, 0.05) is 0 Å². The average Bonchev–Trinajstić information content (AvgIpc) is 1.84. The van der Waals surface area contributed by atoms with Crippen molar-refractivity contribution in [2.45, 2.75) is 11.8 Å². The summed E-state index contributed by atoms with van der Waals surface area (Å²) >= 11 is 2.00. The Morgan fingerprint density at radius 2 is 1.40 bits per heavy atom. The van der Waals surface area contributed by atoms with Gasteiger partial charge in [0.1, 0.15) is 4.48 Å². The summed E-state index contributed by atoms with van der Waals surface area (Å²) in [7, 11) is 0. The average molecular weight is 223 g/mol. The molecular formula is C4BrF5. The molecule has 0 amide bonds. The van der Waals surface area contributed by atoms with Crippen LogP contribution in [0.2, 0.25) is 0 Å². The highest BCUT2D eigenvalue weighted by molar-refractivity contribution is 9.11. The number of halogens is 6. The Kier molecular flexibility index (Phi) is 1.37. The van der Waals surface area contributed by atoms with Crippen molar-refractivity contribution in [3.8, 4) is 0 Å². The highest BCUT2D eigenvalue weighted by Crippen LogP contribution is 2.58. The number of allylic oxidation sites excluding steroid dienone is 2. The van der Waals surface area contributed by atoms with E-state index in [0.717, 1.165) is 0 Å². The minimum atomic E-state index is -4.62. The maximum Gasteiger partial charge on any atom is 0.366 e. The van der Waals surface area contributed by atoms with Gasteiger partial charge < -0.3 is 0 Å². The van der Waals surface area contributed by atoms with Crippen LogP contribution in [0, 0.1) is 0 Å². The van der Waals surface area contributed by atoms with Gasteiger partial charge >= 0.3 is 11.8 Å². The highest BCUT2D eigenvalue weighted by atomic mass is 79.9. The predicted molar refractivity (Wildman–Crippen MR) is 27.0 cm³/mol. The molecule has 0 nitrogen and oxygen atoms in total. The lowest BCUT2D eigenvalue weighted by Crippen LogP contribution is -2.50. The summed E-state index contributed by atoms with van der Waals surface area (Å²) in [5.41, 5.74) is 0. The molecule has 0 radical (unpaired) electrons. The van der Waals surface area contributed by atoms with Gasteiger partial charge in [0.25, 0.3) is 0 Å². The van der Waals surface area contributed by atoms with Crippen LogP contribution in [0.3, 0.4) is 0 Å². The predicted octanol–water partition coefficient (Wildman–Crippen LogP) is 2.85. The summed E-state index contributed by atoms with van der Waals surface area (Å²) in [5, 5.41) is 0. The van der Waals surface area contributed by atoms with E-state index in [2.05, 4.69) is 0 Å². The van der Waals surface area contributed by atoms with Crippen LogP contribution in [0.4, 0.5) is 22.0 Å². The quantitative estimate of drug-likeness (QED) is 0.554. The Morgan fingerprint density at radius 1 is 1.00 bits per heavy atom. The maximum absolute atomic E-state index is 11.9. The zero-order valence-corrected chi connectivity index (χ0v) is 5.85. The van der Waals surface area contributed by atoms with Gasteiger partial charge in [0.05, 0.1) is 0 Å². The van der Waals surface area contributed by atoms with E-state index in [1.165, 1.54) is 0 Å². The smallest absolute Gasteiger partial charge is 0.204 e. The Labute approximate surface area is 60.8 Å². The molecule has 6 heteroatoms. The molecule has 1 rings (SSSR count). The molecule has 0 bridgehead atoms. The van der Waals surface area contributed by atoms with E-state index >= 15 is 0 Å². The van der Waals surface area contributed by atoms with Crippen molar-refractivity contribution >= 4 is 15.9 Å². The van der Waals surface area contributed by atoms with Gasteiger partial charge in [-0.25, -0.2) is 4.39 Å². The summed E-state index contributed by atoms with van der Waals surface area (Å²) < 4.78 is 57.7. The number of rotatable bonds is 0. The van der Waals surface area contributed by atoms with Crippen LogP contribution in [0.15, 0.2) is 10.3 Å². The Morgan fingerprint density at radius 3 is 1.50 bits per heavy atom. The van der Waals surface area contributed by atoms with E-state index in [1.54, 1.807) is 0 Å². The zero-order chi connectivity index (χ0) is 8.15. The molecule has 0 fully saturated rings. The van der Waals surface area contributed by atoms with Gasteiger partial charge in [0.2, 0.25) is 0 Å². The molecule has 10 heavy (non-hydrogen) atoms. The van der Waals surface area contributed by atoms with Crippen molar-refractivity contribution in [1.29, 1.82) is 0 Å². The first-order valence-electron chi connectivity index (χ1n) is 2.13. The van der Waals surface area contributed by atoms with E-state index in [4.69, 9.17) is 0 Å². The summed E-state index contributed by atoms with van der Waals surface area (Å²) in [6.45, 7) is 0. The number of hydrogen-bond acceptors (Lipinski definition) is 0. The summed E-state index contributed by atoms with van der Waals surface area (Å²) in [5.74, 6) is -11.1. The van der Waals surface area contributed by atoms with E-state index in [-0.39, 0.29) is 0 Å². The van der Waals surface area contributed by atoms with E-state index in [0.29, 0.717) is 0 Å². The lowest BCUT2D eigenvalue weighted by atomic mass is 9.99. The first-order valence-corrected chi connectivity index (χ1v) is 2.93. The summed E-state index contributed by atoms with van der Waals surface area (Å²) in [6.07, 6.45) is 0. The van der Waals surface area contributed by atoms with Gasteiger partial charge in [-0.2, -0.15) is 17.6 Å². The molecule has 1 aliphatic carbocycles. The van der Waals surface area contributed by atoms with E-state index in [9.17, 15) is 22.0 Å². The molecule has 0 saturated heterocycles. The fraction of sp³-hybridized carbons (Fsp3) is 0.500. The second-order valence-electron chi connectivity index (χ2n) is 1.78. The zero-order valence-electron chi connectivity index (χ0n) is 4.27. The van der Waals surface area contributed by atoms with Crippen LogP contribution in [-0.4, -0.2) is 11.8 Å². The highest BCUT2D eigenvalue weighted by Gasteiger charge is 2.72. The molecule has 0 aromatic heterocycles. The fourth-order valence-corrected chi connectivity index (χ4v) is 0.987. The Balaban J connectivity index is 3.10. The number of hydrogen-bond donors (Lipinski definition) is 0. The van der Waals surface area contributed by atoms with Gasteiger partial charge in [-0.3, -0.25) is 0 Å². The van der Waals surface area contributed by atoms with Crippen LogP contribution in [0.5, 0.6) is 0 Å². The molecule has 0 N–H and O–H groups in total. The van der Waals surface area contributed by atoms with Crippen molar-refractivity contribution < 1.29 is 22.0 Å². The standard InChI is InChI=1S/C4BrF5/c5-1-2(6)4(9,10)3(1,7)8. The molecule has 58 valence electrons. The van der Waals surface area contributed by atoms with Gasteiger partial charge in [0.15, 0.2) is 5.83 Å². The largest absolute Gasteiger partial charge is 0.366 e. The second-order valence-corrected chi connectivity index (χ2v) is 2.57. The SMILES string of the molecule is FC1=C(Br)C(F)(F)C1(F)F. The summed E-state index contributed by atoms with van der Waals surface area (Å²) in [4.78, 5) is 0. The van der Waals surface area contributed by atoms with Crippen molar-refractivity contribution in [1.82, 2.24) is 0 Å². The molecule has 0 atom stereocenters. The minimum absolute atomic E-state index is 1.36. The normalized spacial score (nSPS) is 28.2. The molecule has 0 heterocycles.